The van der Waals surface area contributed by atoms with E-state index >= 15 is 0 Å². The molecule has 8 heteroatoms. The molecule has 0 amide bonds. The average molecular weight is 383 g/mol. The maximum absolute atomic E-state index is 12.2. The predicted octanol–water partition coefficient (Wildman–Crippen LogP) is 2.05. The Morgan fingerprint density at radius 1 is 0.920 bits per heavy atom. The molecular formula is C17H22N2O4S2. The zero-order valence-electron chi connectivity index (χ0n) is 14.4. The smallest absolute Gasteiger partial charge is 0.240 e. The van der Waals surface area contributed by atoms with Gasteiger partial charge in [0.2, 0.25) is 20.0 Å². The van der Waals surface area contributed by atoms with Crippen LogP contribution in [0, 0.1) is 13.8 Å². The number of sulfonamides is 2. The molecule has 0 saturated carbocycles. The number of hydrogen-bond acceptors (Lipinski definition) is 4. The van der Waals surface area contributed by atoms with Crippen LogP contribution in [0.4, 0.5) is 5.69 Å². The molecule has 0 fully saturated rings. The highest BCUT2D eigenvalue weighted by Gasteiger charge is 2.19. The molecule has 6 nitrogen and oxygen atoms in total. The van der Waals surface area contributed by atoms with Crippen molar-refractivity contribution in [3.63, 3.8) is 0 Å². The van der Waals surface area contributed by atoms with Gasteiger partial charge in [0.05, 0.1) is 16.8 Å². The van der Waals surface area contributed by atoms with E-state index in [-0.39, 0.29) is 18.0 Å². The summed E-state index contributed by atoms with van der Waals surface area (Å²) < 4.78 is 52.3. The molecule has 0 unspecified atom stereocenters. The van der Waals surface area contributed by atoms with Crippen LogP contribution in [-0.2, 0) is 20.0 Å². The molecule has 0 aliphatic carbocycles. The molecule has 0 saturated heterocycles. The van der Waals surface area contributed by atoms with Crippen molar-refractivity contribution in [2.24, 2.45) is 0 Å². The van der Waals surface area contributed by atoms with Gasteiger partial charge in [-0.3, -0.25) is 4.31 Å². The third-order valence-corrected chi connectivity index (χ3v) is 6.51. The molecule has 2 aromatic rings. The van der Waals surface area contributed by atoms with E-state index in [9.17, 15) is 16.8 Å². The first kappa shape index (κ1) is 19.4. The second kappa shape index (κ2) is 7.55. The third kappa shape index (κ3) is 5.04. The predicted molar refractivity (Wildman–Crippen MR) is 99.7 cm³/mol. The molecule has 0 aromatic heterocycles. The Balaban J connectivity index is 2.15. The number of anilines is 1. The average Bonchev–Trinajstić information content (AvgIpc) is 2.54. The largest absolute Gasteiger partial charge is 0.269 e. The van der Waals surface area contributed by atoms with Gasteiger partial charge in [0, 0.05) is 13.1 Å². The van der Waals surface area contributed by atoms with Crippen molar-refractivity contribution in [2.45, 2.75) is 18.7 Å². The summed E-state index contributed by atoms with van der Waals surface area (Å²) in [6.07, 6.45) is 1.11. The van der Waals surface area contributed by atoms with Crippen molar-refractivity contribution in [2.75, 3.05) is 23.7 Å². The van der Waals surface area contributed by atoms with E-state index in [0.717, 1.165) is 17.4 Å². The van der Waals surface area contributed by atoms with Crippen LogP contribution in [0.3, 0.4) is 0 Å². The highest BCUT2D eigenvalue weighted by molar-refractivity contribution is 7.92. The summed E-state index contributed by atoms with van der Waals surface area (Å²) in [5.74, 6) is 0. The summed E-state index contributed by atoms with van der Waals surface area (Å²) in [5, 5.41) is 0. The molecule has 2 aromatic carbocycles. The molecule has 0 spiro atoms. The zero-order valence-corrected chi connectivity index (χ0v) is 16.1. The SMILES string of the molecule is Cc1ccc(N(CCNS(=O)(=O)c2ccccc2)S(C)(=O)=O)cc1C. The van der Waals surface area contributed by atoms with Gasteiger partial charge in [-0.2, -0.15) is 0 Å². The van der Waals surface area contributed by atoms with Crippen molar-refractivity contribution in [1.29, 1.82) is 0 Å². The topological polar surface area (TPSA) is 83.6 Å². The lowest BCUT2D eigenvalue weighted by Crippen LogP contribution is -2.38. The monoisotopic (exact) mass is 382 g/mol. The molecule has 2 rings (SSSR count). The van der Waals surface area contributed by atoms with E-state index in [1.54, 1.807) is 30.3 Å². The van der Waals surface area contributed by atoms with E-state index in [1.807, 2.05) is 19.9 Å². The maximum Gasteiger partial charge on any atom is 0.240 e. The first-order valence-electron chi connectivity index (χ1n) is 7.71. The standard InChI is InChI=1S/C17H22N2O4S2/c1-14-9-10-16(13-15(14)2)19(24(3,20)21)12-11-18-25(22,23)17-7-5-4-6-8-17/h4-10,13,18H,11-12H2,1-3H3. The normalized spacial score (nSPS) is 12.1. The third-order valence-electron chi connectivity index (χ3n) is 3.84. The molecule has 0 heterocycles. The summed E-state index contributed by atoms with van der Waals surface area (Å²) in [7, 11) is -7.20. The number of nitrogens with one attached hydrogen (secondary N) is 1. The summed E-state index contributed by atoms with van der Waals surface area (Å²) in [6, 6.07) is 13.3. The quantitative estimate of drug-likeness (QED) is 0.794. The van der Waals surface area contributed by atoms with E-state index < -0.39 is 20.0 Å². The molecule has 0 aliphatic rings. The fourth-order valence-electron chi connectivity index (χ4n) is 2.33. The van der Waals surface area contributed by atoms with E-state index in [1.165, 1.54) is 16.4 Å². The number of rotatable bonds is 7. The minimum atomic E-state index is -3.67. The van der Waals surface area contributed by atoms with E-state index in [0.29, 0.717) is 5.69 Å². The molecule has 0 bridgehead atoms. The van der Waals surface area contributed by atoms with Gasteiger partial charge < -0.3 is 0 Å². The molecule has 0 atom stereocenters. The first-order chi connectivity index (χ1) is 11.6. The number of nitrogens with zero attached hydrogens (tertiary/aromatic N) is 1. The van der Waals surface area contributed by atoms with Crippen molar-refractivity contribution < 1.29 is 16.8 Å². The van der Waals surface area contributed by atoms with Crippen molar-refractivity contribution >= 4 is 25.7 Å². The fourth-order valence-corrected chi connectivity index (χ4v) is 4.29. The second-order valence-electron chi connectivity index (χ2n) is 5.81. The molecule has 136 valence electrons. The second-order valence-corrected chi connectivity index (χ2v) is 9.49. The lowest BCUT2D eigenvalue weighted by molar-refractivity contribution is 0.578. The Kier molecular flexibility index (Phi) is 5.87. The highest BCUT2D eigenvalue weighted by atomic mass is 32.2. The maximum atomic E-state index is 12.2. The lowest BCUT2D eigenvalue weighted by atomic mass is 10.1. The highest BCUT2D eigenvalue weighted by Crippen LogP contribution is 2.21. The van der Waals surface area contributed by atoms with Gasteiger partial charge >= 0.3 is 0 Å². The van der Waals surface area contributed by atoms with Crippen LogP contribution in [0.25, 0.3) is 0 Å². The van der Waals surface area contributed by atoms with Crippen molar-refractivity contribution in [3.05, 3.63) is 59.7 Å². The van der Waals surface area contributed by atoms with Crippen molar-refractivity contribution in [1.82, 2.24) is 4.72 Å². The molecular weight excluding hydrogens is 360 g/mol. The van der Waals surface area contributed by atoms with Crippen LogP contribution in [0.5, 0.6) is 0 Å². The molecule has 0 radical (unpaired) electrons. The molecule has 1 N–H and O–H groups in total. The summed E-state index contributed by atoms with van der Waals surface area (Å²) in [6.45, 7) is 3.82. The Morgan fingerprint density at radius 2 is 1.56 bits per heavy atom. The van der Waals surface area contributed by atoms with Crippen LogP contribution < -0.4 is 9.03 Å². The van der Waals surface area contributed by atoms with Crippen LogP contribution in [0.1, 0.15) is 11.1 Å². The number of aryl methyl sites for hydroxylation is 2. The number of benzene rings is 2. The van der Waals surface area contributed by atoms with Crippen molar-refractivity contribution in [3.8, 4) is 0 Å². The zero-order chi connectivity index (χ0) is 18.7. The Labute approximate surface area is 149 Å². The first-order valence-corrected chi connectivity index (χ1v) is 11.0. The van der Waals surface area contributed by atoms with E-state index in [4.69, 9.17) is 0 Å². The van der Waals surface area contributed by atoms with E-state index in [2.05, 4.69) is 4.72 Å². The van der Waals surface area contributed by atoms with Gasteiger partial charge in [0.1, 0.15) is 0 Å². The fraction of sp³-hybridized carbons (Fsp3) is 0.294. The Hall–Kier alpha value is -1.90. The minimum Gasteiger partial charge on any atom is -0.269 e. The van der Waals surface area contributed by atoms with Gasteiger partial charge in [0.25, 0.3) is 0 Å². The van der Waals surface area contributed by atoms with Gasteiger partial charge in [0.15, 0.2) is 0 Å². The van der Waals surface area contributed by atoms with Gasteiger partial charge in [-0.1, -0.05) is 24.3 Å². The minimum absolute atomic E-state index is 0.00734. The van der Waals surface area contributed by atoms with Crippen LogP contribution in [0.2, 0.25) is 0 Å². The van der Waals surface area contributed by atoms with Crippen LogP contribution in [0.15, 0.2) is 53.4 Å². The van der Waals surface area contributed by atoms with Crippen LogP contribution >= 0.6 is 0 Å². The molecule has 25 heavy (non-hydrogen) atoms. The molecule has 0 aliphatic heterocycles. The Morgan fingerprint density at radius 3 is 2.12 bits per heavy atom. The van der Waals surface area contributed by atoms with Gasteiger partial charge in [-0.25, -0.2) is 21.6 Å². The Bertz CT molecular complexity index is 940. The van der Waals surface area contributed by atoms with Crippen LogP contribution in [-0.4, -0.2) is 36.2 Å². The van der Waals surface area contributed by atoms with Gasteiger partial charge in [-0.15, -0.1) is 0 Å². The van der Waals surface area contributed by atoms with Gasteiger partial charge in [-0.05, 0) is 49.2 Å². The lowest BCUT2D eigenvalue weighted by Gasteiger charge is -2.23. The number of hydrogen-bond donors (Lipinski definition) is 1. The summed E-state index contributed by atoms with van der Waals surface area (Å²) in [4.78, 5) is 0.145. The summed E-state index contributed by atoms with van der Waals surface area (Å²) >= 11 is 0. The summed E-state index contributed by atoms with van der Waals surface area (Å²) in [5.41, 5.74) is 2.54.